The first-order valence-corrected chi connectivity index (χ1v) is 6.80. The highest BCUT2D eigenvalue weighted by Crippen LogP contribution is 2.18. The average Bonchev–Trinajstić information content (AvgIpc) is 2.46. The number of pyridine rings is 1. The maximum absolute atomic E-state index is 12.1. The summed E-state index contributed by atoms with van der Waals surface area (Å²) in [6.45, 7) is 0. The fourth-order valence-corrected chi connectivity index (χ4v) is 2.09. The van der Waals surface area contributed by atoms with Crippen molar-refractivity contribution >= 4 is 39.0 Å². The van der Waals surface area contributed by atoms with E-state index in [0.29, 0.717) is 11.4 Å². The van der Waals surface area contributed by atoms with Gasteiger partial charge in [-0.3, -0.25) is 15.1 Å². The van der Waals surface area contributed by atoms with E-state index >= 15 is 0 Å². The summed E-state index contributed by atoms with van der Waals surface area (Å²) in [4.78, 5) is 16.4. The molecular weight excluding hydrogens is 320 g/mol. The van der Waals surface area contributed by atoms with Crippen molar-refractivity contribution in [2.75, 3.05) is 7.05 Å². The first-order chi connectivity index (χ1) is 9.63. The van der Waals surface area contributed by atoms with Gasteiger partial charge < -0.3 is 10.7 Å². The third-order valence-electron chi connectivity index (χ3n) is 2.74. The van der Waals surface area contributed by atoms with Gasteiger partial charge in [0.1, 0.15) is 0 Å². The van der Waals surface area contributed by atoms with E-state index in [1.165, 1.54) is 6.08 Å². The van der Waals surface area contributed by atoms with Crippen LogP contribution in [-0.2, 0) is 0 Å². The molecule has 0 saturated carbocycles. The molecule has 0 spiro atoms. The van der Waals surface area contributed by atoms with Gasteiger partial charge in [-0.05, 0) is 34.1 Å². The Bertz CT molecular complexity index is 697. The molecule has 0 saturated heterocycles. The van der Waals surface area contributed by atoms with Gasteiger partial charge in [-0.15, -0.1) is 0 Å². The lowest BCUT2D eigenvalue weighted by atomic mass is 10.1. The van der Waals surface area contributed by atoms with Crippen molar-refractivity contribution in [3.63, 3.8) is 0 Å². The Balaban J connectivity index is 2.28. The van der Waals surface area contributed by atoms with Crippen LogP contribution in [0.3, 0.4) is 0 Å². The summed E-state index contributed by atoms with van der Waals surface area (Å²) in [5.74, 6) is 0.372. The monoisotopic (exact) mass is 333 g/mol. The van der Waals surface area contributed by atoms with Crippen molar-refractivity contribution in [3.05, 3.63) is 52.4 Å². The number of nitrogens with two attached hydrogens (primary N) is 1. The molecule has 0 aliphatic rings. The van der Waals surface area contributed by atoms with E-state index in [1.807, 2.05) is 12.1 Å². The third kappa shape index (κ3) is 3.28. The van der Waals surface area contributed by atoms with Crippen LogP contribution in [0.2, 0.25) is 0 Å². The molecule has 5 nitrogen and oxygen atoms in total. The minimum absolute atomic E-state index is 0.220. The number of hydrogen-bond acceptors (Lipinski definition) is 3. The van der Waals surface area contributed by atoms with Crippen LogP contribution in [0.1, 0.15) is 10.4 Å². The van der Waals surface area contributed by atoms with Gasteiger partial charge >= 0.3 is 0 Å². The number of halogens is 1. The van der Waals surface area contributed by atoms with Crippen molar-refractivity contribution in [1.82, 2.24) is 10.3 Å². The lowest BCUT2D eigenvalue weighted by Crippen LogP contribution is -2.80. The van der Waals surface area contributed by atoms with E-state index in [0.717, 1.165) is 21.6 Å². The standard InChI is InChI=1S/C14H13BrN4O/c1-17-13(4-5-16)19-14(20)10-3-2-9-6-11(15)8-18-12(9)7-10/h2-8,16-17H,1H3,(H,19,20)/p+1/b13-4+,16-5?. The summed E-state index contributed by atoms with van der Waals surface area (Å²) >= 11 is 3.36. The molecule has 0 bridgehead atoms. The molecular formula is C14H14BrN4O+. The number of amides is 1. The van der Waals surface area contributed by atoms with Crippen LogP contribution >= 0.6 is 15.9 Å². The number of carbonyl (C=O) groups is 1. The second-order valence-electron chi connectivity index (χ2n) is 4.09. The number of nitrogens with zero attached hydrogens (tertiary/aromatic N) is 1. The quantitative estimate of drug-likeness (QED) is 0.739. The number of quaternary nitrogens is 1. The summed E-state index contributed by atoms with van der Waals surface area (Å²) < 4.78 is 0.902. The molecule has 1 amide bonds. The van der Waals surface area contributed by atoms with Gasteiger partial charge in [0.05, 0.1) is 12.6 Å². The number of fused-ring (bicyclic) bond motifs is 1. The molecule has 1 aromatic heterocycles. The molecule has 1 aromatic carbocycles. The number of rotatable bonds is 4. The van der Waals surface area contributed by atoms with Crippen LogP contribution in [0, 0.1) is 5.41 Å². The van der Waals surface area contributed by atoms with E-state index < -0.39 is 0 Å². The first-order valence-electron chi connectivity index (χ1n) is 6.01. The minimum atomic E-state index is -0.220. The van der Waals surface area contributed by atoms with Gasteiger partial charge in [0, 0.05) is 33.9 Å². The Hall–Kier alpha value is -2.05. The fourth-order valence-electron chi connectivity index (χ4n) is 1.74. The molecule has 0 atom stereocenters. The van der Waals surface area contributed by atoms with E-state index in [4.69, 9.17) is 5.41 Å². The molecule has 6 heteroatoms. The van der Waals surface area contributed by atoms with Crippen LogP contribution in [0.5, 0.6) is 0 Å². The zero-order chi connectivity index (χ0) is 14.5. The lowest BCUT2D eigenvalue weighted by Gasteiger charge is -2.06. The van der Waals surface area contributed by atoms with Crippen LogP contribution in [0.25, 0.3) is 10.9 Å². The Labute approximate surface area is 124 Å². The summed E-state index contributed by atoms with van der Waals surface area (Å²) in [5, 5.41) is 12.5. The molecule has 2 rings (SSSR count). The highest BCUT2D eigenvalue weighted by atomic mass is 79.9. The number of nitrogens with one attached hydrogen (secondary N) is 2. The van der Waals surface area contributed by atoms with E-state index in [1.54, 1.807) is 30.7 Å². The molecule has 0 aliphatic carbocycles. The highest BCUT2D eigenvalue weighted by molar-refractivity contribution is 9.10. The van der Waals surface area contributed by atoms with Crippen LogP contribution < -0.4 is 10.6 Å². The van der Waals surface area contributed by atoms with Crippen molar-refractivity contribution in [2.45, 2.75) is 0 Å². The first kappa shape index (κ1) is 14.4. The van der Waals surface area contributed by atoms with Gasteiger partial charge in [0.25, 0.3) is 5.91 Å². The molecule has 4 N–H and O–H groups in total. The van der Waals surface area contributed by atoms with Crippen molar-refractivity contribution < 1.29 is 10.1 Å². The smallest absolute Gasteiger partial charge is 0.259 e. The molecule has 20 heavy (non-hydrogen) atoms. The maximum Gasteiger partial charge on any atom is 0.259 e. The largest absolute Gasteiger partial charge is 0.308 e. The Morgan fingerprint density at radius 2 is 2.25 bits per heavy atom. The Kier molecular flexibility index (Phi) is 4.60. The zero-order valence-corrected chi connectivity index (χ0v) is 12.4. The molecule has 0 fully saturated rings. The summed E-state index contributed by atoms with van der Waals surface area (Å²) in [6, 6.07) is 7.31. The minimum Gasteiger partial charge on any atom is -0.308 e. The molecule has 1 heterocycles. The summed E-state index contributed by atoms with van der Waals surface area (Å²) in [5.41, 5.74) is 1.30. The molecule has 2 aromatic rings. The Morgan fingerprint density at radius 1 is 1.45 bits per heavy atom. The van der Waals surface area contributed by atoms with Crippen LogP contribution in [-0.4, -0.2) is 24.2 Å². The predicted octanol–water partition coefficient (Wildman–Crippen LogP) is 1.41. The molecule has 0 aliphatic heterocycles. The van der Waals surface area contributed by atoms with Crippen molar-refractivity contribution in [2.24, 2.45) is 0 Å². The SMILES string of the molecule is C[NH2+]/C(=C\C=N)NC(=O)c1ccc2cc(Br)cnc2c1. The molecule has 102 valence electrons. The number of carbonyl (C=O) groups excluding carboxylic acids is 1. The normalized spacial score (nSPS) is 11.4. The maximum atomic E-state index is 12.1. The van der Waals surface area contributed by atoms with Gasteiger partial charge in [0.15, 0.2) is 0 Å². The van der Waals surface area contributed by atoms with Gasteiger partial charge in [-0.1, -0.05) is 6.07 Å². The summed E-state index contributed by atoms with van der Waals surface area (Å²) in [7, 11) is 1.80. The highest BCUT2D eigenvalue weighted by Gasteiger charge is 2.10. The predicted molar refractivity (Wildman–Crippen MR) is 81.6 cm³/mol. The van der Waals surface area contributed by atoms with Crippen molar-refractivity contribution in [1.29, 1.82) is 5.41 Å². The van der Waals surface area contributed by atoms with E-state index in [2.05, 4.69) is 26.2 Å². The molecule has 0 radical (unpaired) electrons. The number of aromatic nitrogens is 1. The van der Waals surface area contributed by atoms with Gasteiger partial charge in [-0.2, -0.15) is 0 Å². The number of benzene rings is 1. The van der Waals surface area contributed by atoms with E-state index in [9.17, 15) is 4.79 Å². The number of hydrogen-bond donors (Lipinski definition) is 3. The van der Waals surface area contributed by atoms with Gasteiger partial charge in [0.2, 0.25) is 5.82 Å². The number of allylic oxidation sites excluding steroid dienone is 1. The second kappa shape index (κ2) is 6.40. The lowest BCUT2D eigenvalue weighted by molar-refractivity contribution is -0.580. The summed E-state index contributed by atoms with van der Waals surface area (Å²) in [6.07, 6.45) is 4.35. The van der Waals surface area contributed by atoms with Crippen molar-refractivity contribution in [3.8, 4) is 0 Å². The molecule has 0 unspecified atom stereocenters. The second-order valence-corrected chi connectivity index (χ2v) is 5.01. The third-order valence-corrected chi connectivity index (χ3v) is 3.18. The van der Waals surface area contributed by atoms with Crippen LogP contribution in [0.4, 0.5) is 0 Å². The zero-order valence-electron chi connectivity index (χ0n) is 10.9. The van der Waals surface area contributed by atoms with Gasteiger partial charge in [-0.25, -0.2) is 0 Å². The fraction of sp³-hybridized carbons (Fsp3) is 0.0714. The average molecular weight is 334 g/mol. The topological polar surface area (TPSA) is 82.5 Å². The van der Waals surface area contributed by atoms with E-state index in [-0.39, 0.29) is 5.91 Å². The van der Waals surface area contributed by atoms with Crippen LogP contribution in [0.15, 0.2) is 46.8 Å². The Morgan fingerprint density at radius 3 is 2.95 bits per heavy atom.